The number of hydrogen-bond donors (Lipinski definition) is 4. The molecule has 1 aliphatic carbocycles. The predicted octanol–water partition coefficient (Wildman–Crippen LogP) is 3.47. The second-order valence-corrected chi connectivity index (χ2v) is 8.78. The molecule has 156 valence electrons. The zero-order chi connectivity index (χ0) is 20.5. The molecule has 0 aromatic carbocycles. The third-order valence-corrected chi connectivity index (χ3v) is 6.23. The molecule has 5 unspecified atom stereocenters. The number of aliphatic carboxylic acids is 1. The van der Waals surface area contributed by atoms with Crippen LogP contribution in [0.5, 0.6) is 0 Å². The number of rotatable bonds is 11. The van der Waals surface area contributed by atoms with Crippen LogP contribution in [0, 0.1) is 18.8 Å². The molecule has 5 nitrogen and oxygen atoms in total. The monoisotopic (exact) mass is 408 g/mol. The Morgan fingerprint density at radius 1 is 1.32 bits per heavy atom. The number of unbranched alkanes of at least 4 members (excludes halogenated alkanes) is 1. The van der Waals surface area contributed by atoms with Gasteiger partial charge >= 0.3 is 5.97 Å². The van der Waals surface area contributed by atoms with Gasteiger partial charge in [-0.15, -0.1) is 11.3 Å². The zero-order valence-electron chi connectivity index (χ0n) is 16.4. The number of carboxylic acids is 1. The van der Waals surface area contributed by atoms with E-state index in [1.807, 2.05) is 18.2 Å². The number of aryl methyl sites for hydroxylation is 2. The number of carbonyl (C=O) groups is 1. The minimum Gasteiger partial charge on any atom is -0.481 e. The van der Waals surface area contributed by atoms with Crippen LogP contribution >= 0.6 is 11.3 Å². The molecule has 4 N–H and O–H groups in total. The van der Waals surface area contributed by atoms with Crippen LogP contribution in [-0.2, 0) is 11.2 Å². The maximum absolute atomic E-state index is 10.5. The molecule has 1 heterocycles. The van der Waals surface area contributed by atoms with E-state index in [1.165, 1.54) is 10.4 Å². The standard InChI is InChI=1S/C22H32O5S/c1-15-12-16(14-28-15)8-9-17(23)10-11-19-18(20(24)13-21(19)25)6-4-2-3-5-7-22(26)27/h2,4,10-12,14,17-21,23-25H,3,5-9,13H2,1H3,(H,26,27)/b4-2+,11-10+. The Morgan fingerprint density at radius 2 is 2.11 bits per heavy atom. The second kappa shape index (κ2) is 11.5. The lowest BCUT2D eigenvalue weighted by Gasteiger charge is -2.19. The molecule has 6 heteroatoms. The average Bonchev–Trinajstić information content (AvgIpc) is 3.16. The Kier molecular flexibility index (Phi) is 9.38. The van der Waals surface area contributed by atoms with Crippen molar-refractivity contribution in [3.05, 3.63) is 46.2 Å². The van der Waals surface area contributed by atoms with Gasteiger partial charge in [-0.25, -0.2) is 0 Å². The number of hydrogen-bond acceptors (Lipinski definition) is 5. The third kappa shape index (κ3) is 7.51. The lowest BCUT2D eigenvalue weighted by Crippen LogP contribution is -2.20. The van der Waals surface area contributed by atoms with Crippen LogP contribution in [0.4, 0.5) is 0 Å². The van der Waals surface area contributed by atoms with Crippen molar-refractivity contribution in [1.29, 1.82) is 0 Å². The summed E-state index contributed by atoms with van der Waals surface area (Å²) in [7, 11) is 0. The number of aliphatic hydroxyl groups excluding tert-OH is 3. The summed E-state index contributed by atoms with van der Waals surface area (Å²) in [5.74, 6) is -1.06. The zero-order valence-corrected chi connectivity index (χ0v) is 17.2. The molecular formula is C22H32O5S. The molecule has 5 atom stereocenters. The van der Waals surface area contributed by atoms with Gasteiger partial charge in [0.05, 0.1) is 18.3 Å². The summed E-state index contributed by atoms with van der Waals surface area (Å²) in [6, 6.07) is 2.14. The van der Waals surface area contributed by atoms with Crippen LogP contribution in [0.25, 0.3) is 0 Å². The van der Waals surface area contributed by atoms with Crippen LogP contribution in [0.1, 0.15) is 49.0 Å². The minimum absolute atomic E-state index is 0.0892. The summed E-state index contributed by atoms with van der Waals surface area (Å²) in [5.41, 5.74) is 1.23. The van der Waals surface area contributed by atoms with Gasteiger partial charge < -0.3 is 20.4 Å². The van der Waals surface area contributed by atoms with Crippen LogP contribution in [0.2, 0.25) is 0 Å². The van der Waals surface area contributed by atoms with Crippen LogP contribution in [-0.4, -0.2) is 44.7 Å². The summed E-state index contributed by atoms with van der Waals surface area (Å²) < 4.78 is 0. The van der Waals surface area contributed by atoms with Crippen molar-refractivity contribution in [3.8, 4) is 0 Å². The normalized spacial score (nSPS) is 26.4. The van der Waals surface area contributed by atoms with Gasteiger partial charge in [0.15, 0.2) is 0 Å². The molecule has 1 saturated carbocycles. The Morgan fingerprint density at radius 3 is 2.79 bits per heavy atom. The molecular weight excluding hydrogens is 376 g/mol. The van der Waals surface area contributed by atoms with Gasteiger partial charge in [0.2, 0.25) is 0 Å². The van der Waals surface area contributed by atoms with Gasteiger partial charge in [0.25, 0.3) is 0 Å². The van der Waals surface area contributed by atoms with E-state index in [2.05, 4.69) is 18.4 Å². The fraction of sp³-hybridized carbons (Fsp3) is 0.591. The molecule has 0 aliphatic heterocycles. The first-order valence-corrected chi connectivity index (χ1v) is 10.9. The second-order valence-electron chi connectivity index (χ2n) is 7.66. The molecule has 1 aromatic heterocycles. The number of thiophene rings is 1. The van der Waals surface area contributed by atoms with Crippen LogP contribution in [0.3, 0.4) is 0 Å². The molecule has 0 amide bonds. The Balaban J connectivity index is 1.81. The highest BCUT2D eigenvalue weighted by Crippen LogP contribution is 2.36. The molecule has 0 bridgehead atoms. The van der Waals surface area contributed by atoms with E-state index in [0.717, 1.165) is 6.42 Å². The Hall–Kier alpha value is -1.47. The van der Waals surface area contributed by atoms with Gasteiger partial charge in [0.1, 0.15) is 0 Å². The van der Waals surface area contributed by atoms with Crippen molar-refractivity contribution < 1.29 is 25.2 Å². The molecule has 2 rings (SSSR count). The maximum atomic E-state index is 10.5. The van der Waals surface area contributed by atoms with Crippen LogP contribution in [0.15, 0.2) is 35.8 Å². The largest absolute Gasteiger partial charge is 0.481 e. The summed E-state index contributed by atoms with van der Waals surface area (Å²) in [4.78, 5) is 11.8. The van der Waals surface area contributed by atoms with Gasteiger partial charge in [-0.2, -0.15) is 0 Å². The average molecular weight is 409 g/mol. The highest BCUT2D eigenvalue weighted by Gasteiger charge is 2.39. The first kappa shape index (κ1) is 22.8. The van der Waals surface area contributed by atoms with Gasteiger partial charge in [0, 0.05) is 23.6 Å². The van der Waals surface area contributed by atoms with Crippen molar-refractivity contribution in [3.63, 3.8) is 0 Å². The fourth-order valence-corrected chi connectivity index (χ4v) is 4.49. The van der Waals surface area contributed by atoms with E-state index in [0.29, 0.717) is 32.1 Å². The van der Waals surface area contributed by atoms with Crippen molar-refractivity contribution in [1.82, 2.24) is 0 Å². The highest BCUT2D eigenvalue weighted by atomic mass is 32.1. The van der Waals surface area contributed by atoms with E-state index < -0.39 is 24.3 Å². The lowest BCUT2D eigenvalue weighted by atomic mass is 9.89. The van der Waals surface area contributed by atoms with Gasteiger partial charge in [-0.1, -0.05) is 24.3 Å². The fourth-order valence-electron chi connectivity index (χ4n) is 3.74. The predicted molar refractivity (Wildman–Crippen MR) is 111 cm³/mol. The quantitative estimate of drug-likeness (QED) is 0.332. The first-order valence-electron chi connectivity index (χ1n) is 10.00. The summed E-state index contributed by atoms with van der Waals surface area (Å²) in [5, 5.41) is 41.5. The molecule has 1 aliphatic rings. The Bertz CT molecular complexity index is 666. The van der Waals surface area contributed by atoms with E-state index in [-0.39, 0.29) is 18.3 Å². The number of allylic oxidation sites excluding steroid dienone is 2. The topological polar surface area (TPSA) is 98.0 Å². The van der Waals surface area contributed by atoms with Crippen molar-refractivity contribution in [2.75, 3.05) is 0 Å². The summed E-state index contributed by atoms with van der Waals surface area (Å²) in [6.45, 7) is 2.07. The number of aliphatic hydroxyl groups is 3. The third-order valence-electron chi connectivity index (χ3n) is 5.32. The molecule has 28 heavy (non-hydrogen) atoms. The minimum atomic E-state index is -0.791. The maximum Gasteiger partial charge on any atom is 0.303 e. The highest BCUT2D eigenvalue weighted by molar-refractivity contribution is 7.10. The molecule has 0 spiro atoms. The van der Waals surface area contributed by atoms with Crippen LogP contribution < -0.4 is 0 Å². The Labute approximate surface area is 171 Å². The van der Waals surface area contributed by atoms with E-state index in [9.17, 15) is 20.1 Å². The van der Waals surface area contributed by atoms with Gasteiger partial charge in [-0.3, -0.25) is 4.79 Å². The smallest absolute Gasteiger partial charge is 0.303 e. The molecule has 1 fully saturated rings. The first-order chi connectivity index (χ1) is 13.4. The van der Waals surface area contributed by atoms with Gasteiger partial charge in [-0.05, 0) is 62.0 Å². The summed E-state index contributed by atoms with van der Waals surface area (Å²) in [6.07, 6.45) is 9.62. The number of carboxylic acid groups (broad SMARTS) is 1. The molecule has 1 aromatic rings. The van der Waals surface area contributed by atoms with E-state index in [4.69, 9.17) is 5.11 Å². The molecule has 0 saturated heterocycles. The summed E-state index contributed by atoms with van der Waals surface area (Å²) >= 11 is 1.71. The van der Waals surface area contributed by atoms with E-state index >= 15 is 0 Å². The van der Waals surface area contributed by atoms with Crippen molar-refractivity contribution in [2.24, 2.45) is 11.8 Å². The van der Waals surface area contributed by atoms with Crippen molar-refractivity contribution in [2.45, 2.75) is 70.2 Å². The lowest BCUT2D eigenvalue weighted by molar-refractivity contribution is -0.137. The van der Waals surface area contributed by atoms with E-state index in [1.54, 1.807) is 17.4 Å². The molecule has 0 radical (unpaired) electrons. The van der Waals surface area contributed by atoms with Crippen molar-refractivity contribution >= 4 is 17.3 Å². The SMILES string of the molecule is Cc1cc(CCC(O)/C=C/C2C(O)CC(O)C2C/C=C/CCCC(=O)O)cs1.